The summed E-state index contributed by atoms with van der Waals surface area (Å²) in [5, 5.41) is 0. The Morgan fingerprint density at radius 3 is 2.19 bits per heavy atom. The molecule has 0 saturated heterocycles. The van der Waals surface area contributed by atoms with Crippen LogP contribution in [-0.2, 0) is 11.3 Å². The van der Waals surface area contributed by atoms with Crippen molar-refractivity contribution < 1.29 is 4.79 Å². The highest BCUT2D eigenvalue weighted by Gasteiger charge is 2.08. The highest BCUT2D eigenvalue weighted by atomic mass is 79.9. The number of carbonyl (C=O) groups excluding carboxylic acids is 1. The summed E-state index contributed by atoms with van der Waals surface area (Å²) in [6.07, 6.45) is 9.45. The zero-order valence-electron chi connectivity index (χ0n) is 13.4. The van der Waals surface area contributed by atoms with Crippen LogP contribution in [0, 0.1) is 0 Å². The molecular formula is C18H28BrNO. The van der Waals surface area contributed by atoms with Crippen LogP contribution < -0.4 is 0 Å². The lowest BCUT2D eigenvalue weighted by atomic mass is 10.1. The van der Waals surface area contributed by atoms with E-state index in [9.17, 15) is 4.79 Å². The fourth-order valence-corrected chi connectivity index (χ4v) is 2.64. The molecule has 0 aliphatic heterocycles. The van der Waals surface area contributed by atoms with E-state index < -0.39 is 0 Å². The maximum Gasteiger partial charge on any atom is 0.222 e. The number of benzene rings is 1. The molecule has 1 rings (SSSR count). The second kappa shape index (κ2) is 10.8. The van der Waals surface area contributed by atoms with Crippen LogP contribution in [0.5, 0.6) is 0 Å². The van der Waals surface area contributed by atoms with Crippen molar-refractivity contribution in [1.82, 2.24) is 4.90 Å². The van der Waals surface area contributed by atoms with Crippen molar-refractivity contribution in [2.24, 2.45) is 0 Å². The van der Waals surface area contributed by atoms with Gasteiger partial charge in [-0.25, -0.2) is 0 Å². The largest absolute Gasteiger partial charge is 0.341 e. The van der Waals surface area contributed by atoms with Crippen molar-refractivity contribution in [1.29, 1.82) is 0 Å². The molecule has 0 atom stereocenters. The molecular weight excluding hydrogens is 326 g/mol. The fraction of sp³-hybridized carbons (Fsp3) is 0.611. The Balaban J connectivity index is 2.15. The summed E-state index contributed by atoms with van der Waals surface area (Å²) in [6, 6.07) is 8.15. The first kappa shape index (κ1) is 18.2. The van der Waals surface area contributed by atoms with E-state index in [-0.39, 0.29) is 5.91 Å². The van der Waals surface area contributed by atoms with Crippen LogP contribution in [0.4, 0.5) is 0 Å². The van der Waals surface area contributed by atoms with Gasteiger partial charge in [-0.1, -0.05) is 73.5 Å². The first-order valence-electron chi connectivity index (χ1n) is 8.12. The summed E-state index contributed by atoms with van der Waals surface area (Å²) in [4.78, 5) is 13.9. The molecule has 21 heavy (non-hydrogen) atoms. The molecule has 1 amide bonds. The Morgan fingerprint density at radius 2 is 1.57 bits per heavy atom. The molecule has 3 heteroatoms. The van der Waals surface area contributed by atoms with E-state index >= 15 is 0 Å². The van der Waals surface area contributed by atoms with Crippen molar-refractivity contribution in [2.45, 2.75) is 64.8 Å². The maximum atomic E-state index is 12.1. The minimum absolute atomic E-state index is 0.256. The zero-order chi connectivity index (χ0) is 15.5. The normalized spacial score (nSPS) is 10.6. The number of hydrogen-bond acceptors (Lipinski definition) is 1. The molecule has 1 aromatic rings. The number of unbranched alkanes of at least 4 members (excludes halogenated alkanes) is 6. The lowest BCUT2D eigenvalue weighted by Crippen LogP contribution is -2.25. The zero-order valence-corrected chi connectivity index (χ0v) is 15.0. The smallest absolute Gasteiger partial charge is 0.222 e. The van der Waals surface area contributed by atoms with E-state index in [1.165, 1.54) is 44.1 Å². The maximum absolute atomic E-state index is 12.1. The Morgan fingerprint density at radius 1 is 1.00 bits per heavy atom. The summed E-state index contributed by atoms with van der Waals surface area (Å²) < 4.78 is 1.07. The Bertz CT molecular complexity index is 402. The lowest BCUT2D eigenvalue weighted by Gasteiger charge is -2.17. The van der Waals surface area contributed by atoms with E-state index in [4.69, 9.17) is 0 Å². The number of hydrogen-bond donors (Lipinski definition) is 0. The quantitative estimate of drug-likeness (QED) is 0.505. The van der Waals surface area contributed by atoms with Crippen molar-refractivity contribution in [3.8, 4) is 0 Å². The van der Waals surface area contributed by atoms with Gasteiger partial charge in [0.2, 0.25) is 5.91 Å². The number of halogens is 1. The standard InChI is InChI=1S/C18H28BrNO/c1-3-4-5-6-7-8-9-10-18(21)20(2)15-16-11-13-17(19)14-12-16/h11-14H,3-10,15H2,1-2H3. The molecule has 2 nitrogen and oxygen atoms in total. The van der Waals surface area contributed by atoms with Gasteiger partial charge in [0.1, 0.15) is 0 Å². The highest BCUT2D eigenvalue weighted by molar-refractivity contribution is 9.10. The van der Waals surface area contributed by atoms with Crippen LogP contribution in [0.25, 0.3) is 0 Å². The third kappa shape index (κ3) is 8.25. The SMILES string of the molecule is CCCCCCCCCC(=O)N(C)Cc1ccc(Br)cc1. The Kier molecular flexibility index (Phi) is 9.40. The van der Waals surface area contributed by atoms with E-state index in [0.29, 0.717) is 13.0 Å². The van der Waals surface area contributed by atoms with Crippen LogP contribution in [0.2, 0.25) is 0 Å². The number of carbonyl (C=O) groups is 1. The minimum Gasteiger partial charge on any atom is -0.341 e. The van der Waals surface area contributed by atoms with Gasteiger partial charge in [-0.05, 0) is 24.1 Å². The van der Waals surface area contributed by atoms with Crippen LogP contribution in [0.15, 0.2) is 28.7 Å². The monoisotopic (exact) mass is 353 g/mol. The second-order valence-electron chi connectivity index (χ2n) is 5.75. The average Bonchev–Trinajstić information content (AvgIpc) is 2.48. The van der Waals surface area contributed by atoms with Gasteiger partial charge in [0.15, 0.2) is 0 Å². The molecule has 0 saturated carbocycles. The topological polar surface area (TPSA) is 20.3 Å². The van der Waals surface area contributed by atoms with Crippen molar-refractivity contribution in [2.75, 3.05) is 7.05 Å². The molecule has 0 spiro atoms. The van der Waals surface area contributed by atoms with Gasteiger partial charge in [-0.2, -0.15) is 0 Å². The molecule has 0 heterocycles. The molecule has 0 bridgehead atoms. The summed E-state index contributed by atoms with van der Waals surface area (Å²) in [5.41, 5.74) is 1.17. The molecule has 0 aliphatic carbocycles. The third-order valence-corrected chi connectivity index (χ3v) is 4.28. The van der Waals surface area contributed by atoms with Gasteiger partial charge >= 0.3 is 0 Å². The van der Waals surface area contributed by atoms with Crippen LogP contribution >= 0.6 is 15.9 Å². The highest BCUT2D eigenvalue weighted by Crippen LogP contribution is 2.13. The molecule has 0 unspecified atom stereocenters. The van der Waals surface area contributed by atoms with Gasteiger partial charge in [-0.3, -0.25) is 4.79 Å². The van der Waals surface area contributed by atoms with Gasteiger partial charge in [0.05, 0.1) is 0 Å². The van der Waals surface area contributed by atoms with E-state index in [2.05, 4.69) is 35.0 Å². The van der Waals surface area contributed by atoms with E-state index in [1.54, 1.807) is 0 Å². The van der Waals surface area contributed by atoms with Crippen molar-refractivity contribution in [3.63, 3.8) is 0 Å². The average molecular weight is 354 g/mol. The summed E-state index contributed by atoms with van der Waals surface area (Å²) in [6.45, 7) is 2.93. The first-order valence-corrected chi connectivity index (χ1v) is 8.91. The third-order valence-electron chi connectivity index (χ3n) is 3.75. The molecule has 0 fully saturated rings. The summed E-state index contributed by atoms with van der Waals surface area (Å²) in [5.74, 6) is 0.256. The van der Waals surface area contributed by atoms with Crippen LogP contribution in [0.1, 0.15) is 63.9 Å². The molecule has 0 aliphatic rings. The first-order chi connectivity index (χ1) is 10.1. The van der Waals surface area contributed by atoms with Gasteiger partial charge in [-0.15, -0.1) is 0 Å². The molecule has 1 aromatic carbocycles. The predicted octanol–water partition coefficient (Wildman–Crippen LogP) is 5.55. The number of nitrogens with zero attached hydrogens (tertiary/aromatic N) is 1. The molecule has 0 N–H and O–H groups in total. The van der Waals surface area contributed by atoms with Crippen molar-refractivity contribution in [3.05, 3.63) is 34.3 Å². The van der Waals surface area contributed by atoms with Crippen molar-refractivity contribution >= 4 is 21.8 Å². The van der Waals surface area contributed by atoms with E-state index in [1.807, 2.05) is 24.1 Å². The predicted molar refractivity (Wildman–Crippen MR) is 93.2 cm³/mol. The molecule has 0 aromatic heterocycles. The summed E-state index contributed by atoms with van der Waals surface area (Å²) in [7, 11) is 1.89. The lowest BCUT2D eigenvalue weighted by molar-refractivity contribution is -0.130. The van der Waals surface area contributed by atoms with Crippen LogP contribution in [-0.4, -0.2) is 17.9 Å². The molecule has 0 radical (unpaired) electrons. The Hall–Kier alpha value is -0.830. The van der Waals surface area contributed by atoms with Crippen LogP contribution in [0.3, 0.4) is 0 Å². The van der Waals surface area contributed by atoms with Gasteiger partial charge in [0, 0.05) is 24.5 Å². The minimum atomic E-state index is 0.256. The fourth-order valence-electron chi connectivity index (χ4n) is 2.38. The molecule has 118 valence electrons. The van der Waals surface area contributed by atoms with Gasteiger partial charge in [0.25, 0.3) is 0 Å². The number of amides is 1. The summed E-state index contributed by atoms with van der Waals surface area (Å²) >= 11 is 3.42. The second-order valence-corrected chi connectivity index (χ2v) is 6.66. The number of rotatable bonds is 10. The Labute approximate surface area is 138 Å². The van der Waals surface area contributed by atoms with E-state index in [0.717, 1.165) is 10.9 Å². The van der Waals surface area contributed by atoms with Gasteiger partial charge < -0.3 is 4.90 Å².